The minimum absolute atomic E-state index is 0.0692. The molecule has 1 N–H and O–H groups in total. The van der Waals surface area contributed by atoms with Crippen molar-refractivity contribution in [3.05, 3.63) is 28.6 Å². The van der Waals surface area contributed by atoms with Crippen molar-refractivity contribution in [1.82, 2.24) is 4.98 Å². The van der Waals surface area contributed by atoms with Crippen molar-refractivity contribution >= 4 is 17.3 Å². The molecule has 0 aliphatic rings. The highest BCUT2D eigenvalue weighted by molar-refractivity contribution is 7.11. The summed E-state index contributed by atoms with van der Waals surface area (Å²) in [5.74, 6) is 0.182. The predicted molar refractivity (Wildman–Crippen MR) is 67.6 cm³/mol. The van der Waals surface area contributed by atoms with Crippen molar-refractivity contribution in [3.63, 3.8) is 0 Å². The molecule has 1 aromatic carbocycles. The van der Waals surface area contributed by atoms with Gasteiger partial charge in [-0.3, -0.25) is 0 Å². The second-order valence-corrected chi connectivity index (χ2v) is 4.27. The molecule has 0 atom stereocenters. The van der Waals surface area contributed by atoms with E-state index in [2.05, 4.69) is 4.98 Å². The molecule has 0 unspecified atom stereocenters. The zero-order valence-corrected chi connectivity index (χ0v) is 10.7. The van der Waals surface area contributed by atoms with E-state index in [1.165, 1.54) is 0 Å². The standard InChI is InChI=1S/C12H11NO4S/c1-16-9-4-3-7(5-10(9)17-2)8-6-18-11(13-8)12(14)15/h3-6H,1-2H3,(H,14,15). The van der Waals surface area contributed by atoms with Crippen molar-refractivity contribution in [2.75, 3.05) is 14.2 Å². The monoisotopic (exact) mass is 265 g/mol. The van der Waals surface area contributed by atoms with Crippen molar-refractivity contribution < 1.29 is 19.4 Å². The average molecular weight is 265 g/mol. The number of thiazole rings is 1. The van der Waals surface area contributed by atoms with E-state index < -0.39 is 5.97 Å². The average Bonchev–Trinajstić information content (AvgIpc) is 2.87. The van der Waals surface area contributed by atoms with Crippen molar-refractivity contribution in [1.29, 1.82) is 0 Å². The van der Waals surface area contributed by atoms with Crippen molar-refractivity contribution in [2.45, 2.75) is 0 Å². The van der Waals surface area contributed by atoms with Crippen LogP contribution in [0.4, 0.5) is 0 Å². The van der Waals surface area contributed by atoms with E-state index in [4.69, 9.17) is 14.6 Å². The van der Waals surface area contributed by atoms with Gasteiger partial charge in [0.2, 0.25) is 5.01 Å². The summed E-state index contributed by atoms with van der Waals surface area (Å²) in [4.78, 5) is 14.8. The van der Waals surface area contributed by atoms with Gasteiger partial charge in [-0.25, -0.2) is 9.78 Å². The number of hydrogen-bond donors (Lipinski definition) is 1. The molecule has 0 bridgehead atoms. The van der Waals surface area contributed by atoms with E-state index in [-0.39, 0.29) is 5.01 Å². The lowest BCUT2D eigenvalue weighted by Crippen LogP contribution is -1.94. The fourth-order valence-corrected chi connectivity index (χ4v) is 2.16. The first kappa shape index (κ1) is 12.4. The fraction of sp³-hybridized carbons (Fsp3) is 0.167. The minimum atomic E-state index is -1.02. The van der Waals surface area contributed by atoms with Gasteiger partial charge in [0.25, 0.3) is 0 Å². The number of carboxylic acids is 1. The highest BCUT2D eigenvalue weighted by atomic mass is 32.1. The highest BCUT2D eigenvalue weighted by Gasteiger charge is 2.12. The molecular formula is C12H11NO4S. The molecule has 1 aromatic heterocycles. The van der Waals surface area contributed by atoms with Crippen LogP contribution in [0.5, 0.6) is 11.5 Å². The molecule has 18 heavy (non-hydrogen) atoms. The molecule has 6 heteroatoms. The topological polar surface area (TPSA) is 68.7 Å². The second-order valence-electron chi connectivity index (χ2n) is 3.41. The Bertz CT molecular complexity index is 579. The van der Waals surface area contributed by atoms with E-state index in [9.17, 15) is 4.79 Å². The lowest BCUT2D eigenvalue weighted by atomic mass is 10.1. The summed E-state index contributed by atoms with van der Waals surface area (Å²) in [5, 5.41) is 10.6. The Morgan fingerprint density at radius 2 is 2.00 bits per heavy atom. The van der Waals surface area contributed by atoms with E-state index >= 15 is 0 Å². The Balaban J connectivity index is 2.41. The van der Waals surface area contributed by atoms with Crippen LogP contribution in [0.3, 0.4) is 0 Å². The van der Waals surface area contributed by atoms with Crippen LogP contribution in [-0.2, 0) is 0 Å². The van der Waals surface area contributed by atoms with E-state index in [1.807, 2.05) is 6.07 Å². The summed E-state index contributed by atoms with van der Waals surface area (Å²) in [6, 6.07) is 5.33. The third-order valence-corrected chi connectivity index (χ3v) is 3.20. The number of ether oxygens (including phenoxy) is 2. The normalized spacial score (nSPS) is 10.1. The summed E-state index contributed by atoms with van der Waals surface area (Å²) in [6.07, 6.45) is 0. The first-order chi connectivity index (χ1) is 8.65. The van der Waals surface area contributed by atoms with Gasteiger partial charge in [-0.2, -0.15) is 0 Å². The summed E-state index contributed by atoms with van der Waals surface area (Å²) >= 11 is 1.09. The molecule has 0 saturated carbocycles. The molecule has 2 aromatic rings. The third-order valence-electron chi connectivity index (χ3n) is 2.37. The Morgan fingerprint density at radius 3 is 2.56 bits per heavy atom. The minimum Gasteiger partial charge on any atom is -0.493 e. The fourth-order valence-electron chi connectivity index (χ4n) is 1.50. The van der Waals surface area contributed by atoms with Gasteiger partial charge in [0, 0.05) is 10.9 Å². The quantitative estimate of drug-likeness (QED) is 0.920. The number of aromatic carboxylic acids is 1. The number of nitrogens with zero attached hydrogens (tertiary/aromatic N) is 1. The van der Waals surface area contributed by atoms with Crippen molar-refractivity contribution in [2.24, 2.45) is 0 Å². The second kappa shape index (κ2) is 5.05. The van der Waals surface area contributed by atoms with Crippen LogP contribution in [0.15, 0.2) is 23.6 Å². The Hall–Kier alpha value is -2.08. The lowest BCUT2D eigenvalue weighted by molar-refractivity contribution is 0.0696. The zero-order chi connectivity index (χ0) is 13.1. The van der Waals surface area contributed by atoms with Gasteiger partial charge in [-0.15, -0.1) is 11.3 Å². The van der Waals surface area contributed by atoms with Crippen LogP contribution in [0.1, 0.15) is 9.80 Å². The van der Waals surface area contributed by atoms with Gasteiger partial charge in [-0.05, 0) is 18.2 Å². The number of methoxy groups -OCH3 is 2. The maximum Gasteiger partial charge on any atom is 0.365 e. The highest BCUT2D eigenvalue weighted by Crippen LogP contribution is 2.32. The molecule has 1 heterocycles. The van der Waals surface area contributed by atoms with Crippen LogP contribution >= 0.6 is 11.3 Å². The van der Waals surface area contributed by atoms with Gasteiger partial charge in [0.1, 0.15) is 0 Å². The maximum atomic E-state index is 10.8. The molecule has 0 saturated heterocycles. The van der Waals surface area contributed by atoms with Crippen molar-refractivity contribution in [3.8, 4) is 22.8 Å². The molecule has 0 spiro atoms. The largest absolute Gasteiger partial charge is 0.493 e. The number of aromatic nitrogens is 1. The van der Waals surface area contributed by atoms with Gasteiger partial charge in [0.15, 0.2) is 11.5 Å². The van der Waals surface area contributed by atoms with E-state index in [0.29, 0.717) is 17.2 Å². The summed E-state index contributed by atoms with van der Waals surface area (Å²) < 4.78 is 10.3. The molecular weight excluding hydrogens is 254 g/mol. The van der Waals surface area contributed by atoms with Gasteiger partial charge >= 0.3 is 5.97 Å². The lowest BCUT2D eigenvalue weighted by Gasteiger charge is -2.08. The van der Waals surface area contributed by atoms with Crippen LogP contribution < -0.4 is 9.47 Å². The van der Waals surface area contributed by atoms with Gasteiger partial charge in [-0.1, -0.05) is 0 Å². The molecule has 0 aliphatic heterocycles. The predicted octanol–water partition coefficient (Wildman–Crippen LogP) is 2.53. The first-order valence-corrected chi connectivity index (χ1v) is 5.95. The summed E-state index contributed by atoms with van der Waals surface area (Å²) in [7, 11) is 3.11. The number of carboxylic acid groups (broad SMARTS) is 1. The summed E-state index contributed by atoms with van der Waals surface area (Å²) in [5.41, 5.74) is 1.40. The summed E-state index contributed by atoms with van der Waals surface area (Å²) in [6.45, 7) is 0. The first-order valence-electron chi connectivity index (χ1n) is 5.07. The van der Waals surface area contributed by atoms with Crippen LogP contribution in [-0.4, -0.2) is 30.3 Å². The number of benzene rings is 1. The number of carbonyl (C=O) groups is 1. The van der Waals surface area contributed by atoms with Gasteiger partial charge in [0.05, 0.1) is 19.9 Å². The molecule has 0 amide bonds. The smallest absolute Gasteiger partial charge is 0.365 e. The Morgan fingerprint density at radius 1 is 1.28 bits per heavy atom. The van der Waals surface area contributed by atoms with Crippen LogP contribution in [0, 0.1) is 0 Å². The molecule has 5 nitrogen and oxygen atoms in total. The SMILES string of the molecule is COc1ccc(-c2csc(C(=O)O)n2)cc1OC. The van der Waals surface area contributed by atoms with E-state index in [1.54, 1.807) is 31.7 Å². The van der Waals surface area contributed by atoms with Crippen LogP contribution in [0.25, 0.3) is 11.3 Å². The number of rotatable bonds is 4. The molecule has 0 radical (unpaired) electrons. The Kier molecular flexibility index (Phi) is 3.47. The molecule has 0 fully saturated rings. The van der Waals surface area contributed by atoms with Gasteiger partial charge < -0.3 is 14.6 Å². The van der Waals surface area contributed by atoms with E-state index in [0.717, 1.165) is 16.9 Å². The number of hydrogen-bond acceptors (Lipinski definition) is 5. The third kappa shape index (κ3) is 2.28. The zero-order valence-electron chi connectivity index (χ0n) is 9.84. The van der Waals surface area contributed by atoms with Crippen LogP contribution in [0.2, 0.25) is 0 Å². The molecule has 2 rings (SSSR count). The molecule has 0 aliphatic carbocycles. The Labute approximate surface area is 108 Å². The maximum absolute atomic E-state index is 10.8. The molecule has 94 valence electrons.